The van der Waals surface area contributed by atoms with Crippen molar-refractivity contribution in [1.29, 1.82) is 0 Å². The van der Waals surface area contributed by atoms with E-state index in [4.69, 9.17) is 0 Å². The Balaban J connectivity index is 1.10. The van der Waals surface area contributed by atoms with Crippen molar-refractivity contribution in [3.05, 3.63) is 0 Å². The van der Waals surface area contributed by atoms with Gasteiger partial charge in [0.15, 0.2) is 0 Å². The van der Waals surface area contributed by atoms with Gasteiger partial charge < -0.3 is 15.5 Å². The first-order valence-corrected chi connectivity index (χ1v) is 14.6. The van der Waals surface area contributed by atoms with Gasteiger partial charge in [0.1, 0.15) is 6.04 Å². The Bertz CT molecular complexity index is 714. The summed E-state index contributed by atoms with van der Waals surface area (Å²) in [5, 5.41) is 6.89. The highest BCUT2D eigenvalue weighted by Crippen LogP contribution is 2.31. The number of likely N-dealkylation sites (N-methyl/N-ethyl adjacent to an activating group) is 1. The lowest BCUT2D eigenvalue weighted by Gasteiger charge is -2.41. The summed E-state index contributed by atoms with van der Waals surface area (Å²) in [5.74, 6) is 1.25. The Morgan fingerprint density at radius 2 is 1.71 bits per heavy atom. The van der Waals surface area contributed by atoms with Gasteiger partial charge in [-0.3, -0.25) is 24.3 Å². The Hall–Kier alpha value is -1.22. The van der Waals surface area contributed by atoms with Crippen LogP contribution >= 0.6 is 0 Å². The molecule has 5 fully saturated rings. The number of fused-ring (bicyclic) bond motifs is 1. The molecule has 8 heteroatoms. The molecule has 0 spiro atoms. The molecular formula is C27H48N6O2. The van der Waals surface area contributed by atoms with Gasteiger partial charge in [-0.25, -0.2) is 0 Å². The van der Waals surface area contributed by atoms with Gasteiger partial charge >= 0.3 is 0 Å². The number of piperazine rings is 1. The predicted octanol–water partition coefficient (Wildman–Crippen LogP) is 1.46. The number of likely N-dealkylation sites (tertiary alicyclic amines) is 1. The van der Waals surface area contributed by atoms with Crippen LogP contribution in [0.1, 0.15) is 70.6 Å². The highest BCUT2D eigenvalue weighted by Gasteiger charge is 2.45. The first kappa shape index (κ1) is 25.4. The monoisotopic (exact) mass is 488 g/mol. The van der Waals surface area contributed by atoms with E-state index in [1.54, 1.807) is 0 Å². The van der Waals surface area contributed by atoms with Crippen LogP contribution in [0.5, 0.6) is 0 Å². The van der Waals surface area contributed by atoms with Crippen LogP contribution < -0.4 is 10.6 Å². The van der Waals surface area contributed by atoms with Crippen molar-refractivity contribution in [2.24, 2.45) is 5.92 Å². The van der Waals surface area contributed by atoms with Crippen molar-refractivity contribution < 1.29 is 9.59 Å². The minimum Gasteiger partial charge on any atom is -0.353 e. The third-order valence-corrected chi connectivity index (χ3v) is 9.65. The van der Waals surface area contributed by atoms with Crippen molar-refractivity contribution in [1.82, 2.24) is 30.2 Å². The number of rotatable bonds is 6. The summed E-state index contributed by atoms with van der Waals surface area (Å²) in [4.78, 5) is 35.7. The maximum absolute atomic E-state index is 13.1. The van der Waals surface area contributed by atoms with Crippen LogP contribution in [0.15, 0.2) is 0 Å². The Labute approximate surface area is 212 Å². The second-order valence-electron chi connectivity index (χ2n) is 11.8. The summed E-state index contributed by atoms with van der Waals surface area (Å²) in [7, 11) is 2.19. The number of carbonyl (C=O) groups excluding carboxylic acids is 2. The van der Waals surface area contributed by atoms with Crippen LogP contribution in [0.2, 0.25) is 0 Å². The van der Waals surface area contributed by atoms with Crippen LogP contribution in [0.4, 0.5) is 0 Å². The van der Waals surface area contributed by atoms with Gasteiger partial charge in [0, 0.05) is 64.3 Å². The molecule has 0 aromatic carbocycles. The summed E-state index contributed by atoms with van der Waals surface area (Å²) < 4.78 is 0. The zero-order valence-corrected chi connectivity index (χ0v) is 21.9. The lowest BCUT2D eigenvalue weighted by atomic mass is 9.88. The van der Waals surface area contributed by atoms with Gasteiger partial charge in [0.05, 0.1) is 6.17 Å². The fraction of sp³-hybridized carbons (Fsp3) is 0.926. The van der Waals surface area contributed by atoms with E-state index in [1.165, 1.54) is 51.4 Å². The Kier molecular flexibility index (Phi) is 8.64. The minimum absolute atomic E-state index is 0.0240. The summed E-state index contributed by atoms with van der Waals surface area (Å²) in [6, 6.07) is 0.483. The standard InChI is InChI=1S/C27H48N6O2/c1-30-22(10-11-25(34)32-17-15-31(16-18-32)24-9-5-6-13-28-24)19-29-27(35)26-23(30)12-14-33(26)20-21-7-3-2-4-8-21/h21-24,26,28H,2-20H2,1H3,(H,29,35). The smallest absolute Gasteiger partial charge is 0.239 e. The average molecular weight is 489 g/mol. The number of hydrogen-bond donors (Lipinski definition) is 2. The summed E-state index contributed by atoms with van der Waals surface area (Å²) >= 11 is 0. The molecule has 4 unspecified atom stereocenters. The molecule has 0 radical (unpaired) electrons. The first-order chi connectivity index (χ1) is 17.1. The van der Waals surface area contributed by atoms with Gasteiger partial charge in [0.2, 0.25) is 11.8 Å². The highest BCUT2D eigenvalue weighted by atomic mass is 16.2. The van der Waals surface area contributed by atoms with Crippen LogP contribution in [0, 0.1) is 5.92 Å². The number of amides is 2. The van der Waals surface area contributed by atoms with Crippen molar-refractivity contribution in [3.8, 4) is 0 Å². The van der Waals surface area contributed by atoms with E-state index in [0.717, 1.165) is 64.6 Å². The summed E-state index contributed by atoms with van der Waals surface area (Å²) in [6.07, 6.45) is 13.5. The van der Waals surface area contributed by atoms with Gasteiger partial charge in [-0.1, -0.05) is 19.3 Å². The average Bonchev–Trinajstić information content (AvgIpc) is 3.27. The molecule has 4 saturated heterocycles. The molecule has 0 aromatic rings. The minimum atomic E-state index is -0.0240. The van der Waals surface area contributed by atoms with E-state index in [1.807, 2.05) is 0 Å². The molecule has 4 heterocycles. The van der Waals surface area contributed by atoms with Gasteiger partial charge in [-0.15, -0.1) is 0 Å². The second kappa shape index (κ2) is 11.9. The fourth-order valence-corrected chi connectivity index (χ4v) is 7.43. The molecule has 1 saturated carbocycles. The van der Waals surface area contributed by atoms with Crippen LogP contribution in [-0.4, -0.2) is 115 Å². The molecule has 198 valence electrons. The third-order valence-electron chi connectivity index (χ3n) is 9.65. The van der Waals surface area contributed by atoms with E-state index in [-0.39, 0.29) is 29.9 Å². The van der Waals surface area contributed by atoms with Gasteiger partial charge in [-0.2, -0.15) is 0 Å². The lowest BCUT2D eigenvalue weighted by Crippen LogP contribution is -2.56. The topological polar surface area (TPSA) is 71.2 Å². The van der Waals surface area contributed by atoms with Gasteiger partial charge in [-0.05, 0) is 64.5 Å². The molecule has 2 N–H and O–H groups in total. The third kappa shape index (κ3) is 6.03. The maximum atomic E-state index is 13.1. The lowest BCUT2D eigenvalue weighted by molar-refractivity contribution is -0.134. The van der Waals surface area contributed by atoms with E-state index in [0.29, 0.717) is 19.1 Å². The maximum Gasteiger partial charge on any atom is 0.239 e. The molecule has 0 aromatic heterocycles. The molecule has 0 bridgehead atoms. The normalized spacial score (nSPS) is 34.4. The zero-order valence-electron chi connectivity index (χ0n) is 21.9. The SMILES string of the molecule is CN1C(CCC(=O)N2CCN(C3CCCCN3)CC2)CNC(=O)C2C1CCN2CC1CCCCC1. The van der Waals surface area contributed by atoms with E-state index < -0.39 is 0 Å². The molecular weight excluding hydrogens is 440 g/mol. The number of nitrogens with zero attached hydrogens (tertiary/aromatic N) is 4. The largest absolute Gasteiger partial charge is 0.353 e. The highest BCUT2D eigenvalue weighted by molar-refractivity contribution is 5.83. The van der Waals surface area contributed by atoms with Crippen molar-refractivity contribution in [2.75, 3.05) is 59.4 Å². The first-order valence-electron chi connectivity index (χ1n) is 14.6. The second-order valence-corrected chi connectivity index (χ2v) is 11.8. The zero-order chi connectivity index (χ0) is 24.2. The Morgan fingerprint density at radius 3 is 2.46 bits per heavy atom. The van der Waals surface area contributed by atoms with E-state index in [9.17, 15) is 9.59 Å². The number of hydrogen-bond acceptors (Lipinski definition) is 6. The summed E-state index contributed by atoms with van der Waals surface area (Å²) in [5.41, 5.74) is 0. The molecule has 4 atom stereocenters. The summed E-state index contributed by atoms with van der Waals surface area (Å²) in [6.45, 7) is 7.52. The van der Waals surface area contributed by atoms with Crippen molar-refractivity contribution >= 4 is 11.8 Å². The molecule has 1 aliphatic carbocycles. The van der Waals surface area contributed by atoms with Crippen molar-refractivity contribution in [3.63, 3.8) is 0 Å². The molecule has 8 nitrogen and oxygen atoms in total. The van der Waals surface area contributed by atoms with Crippen LogP contribution in [0.25, 0.3) is 0 Å². The molecule has 2 amide bonds. The molecule has 4 aliphatic heterocycles. The quantitative estimate of drug-likeness (QED) is 0.590. The van der Waals surface area contributed by atoms with E-state index >= 15 is 0 Å². The van der Waals surface area contributed by atoms with Crippen LogP contribution in [0.3, 0.4) is 0 Å². The number of carbonyl (C=O) groups is 2. The molecule has 5 rings (SSSR count). The predicted molar refractivity (Wildman–Crippen MR) is 138 cm³/mol. The van der Waals surface area contributed by atoms with Gasteiger partial charge in [0.25, 0.3) is 0 Å². The molecule has 5 aliphatic rings. The van der Waals surface area contributed by atoms with Crippen LogP contribution in [-0.2, 0) is 9.59 Å². The Morgan fingerprint density at radius 1 is 0.943 bits per heavy atom. The number of piperidine rings is 1. The molecule has 35 heavy (non-hydrogen) atoms. The fourth-order valence-electron chi connectivity index (χ4n) is 7.43. The van der Waals surface area contributed by atoms with E-state index in [2.05, 4.69) is 37.3 Å². The van der Waals surface area contributed by atoms with Crippen molar-refractivity contribution in [2.45, 2.75) is 94.9 Å². The number of nitrogens with one attached hydrogen (secondary N) is 2.